The molecule has 0 radical (unpaired) electrons. The van der Waals surface area contributed by atoms with Crippen molar-refractivity contribution in [3.8, 4) is 11.3 Å². The van der Waals surface area contributed by atoms with Crippen LogP contribution in [0.25, 0.3) is 11.3 Å². The number of unbranched alkanes of at least 4 members (excludes halogenated alkanes) is 2. The molecule has 7 nitrogen and oxygen atoms in total. The molecule has 2 N–H and O–H groups in total. The average Bonchev–Trinajstić information content (AvgIpc) is 2.95. The van der Waals surface area contributed by atoms with E-state index < -0.39 is 10.0 Å². The minimum Gasteiger partial charge on any atom is -0.264 e. The summed E-state index contributed by atoms with van der Waals surface area (Å²) in [4.78, 5) is 4.14. The van der Waals surface area contributed by atoms with Crippen molar-refractivity contribution in [3.63, 3.8) is 0 Å². The maximum Gasteiger partial charge on any atom is 0.233 e. The van der Waals surface area contributed by atoms with E-state index in [-0.39, 0.29) is 4.91 Å². The van der Waals surface area contributed by atoms with Crippen LogP contribution in [0.1, 0.15) is 25.7 Å². The monoisotopic (exact) mass is 321 g/mol. The van der Waals surface area contributed by atoms with Gasteiger partial charge in [0.2, 0.25) is 10.0 Å². The molecule has 0 aliphatic carbocycles. The zero-order valence-corrected chi connectivity index (χ0v) is 13.0. The van der Waals surface area contributed by atoms with Gasteiger partial charge in [0.15, 0.2) is 0 Å². The molecule has 2 aromatic heterocycles. The molecule has 0 spiro atoms. The highest BCUT2D eigenvalue weighted by molar-refractivity contribution is 7.93. The highest BCUT2D eigenvalue weighted by Crippen LogP contribution is 2.14. The van der Waals surface area contributed by atoms with Crippen LogP contribution >= 0.6 is 0 Å². The normalized spacial score (nSPS) is 11.5. The topological polar surface area (TPSA) is 104 Å². The van der Waals surface area contributed by atoms with Crippen molar-refractivity contribution >= 4 is 10.0 Å². The van der Waals surface area contributed by atoms with Crippen LogP contribution in [-0.4, -0.2) is 28.4 Å². The summed E-state index contributed by atoms with van der Waals surface area (Å²) in [6, 6.07) is 3.78. The molecule has 22 heavy (non-hydrogen) atoms. The van der Waals surface area contributed by atoms with Crippen molar-refractivity contribution < 1.29 is 8.42 Å². The number of nitrogens with zero attached hydrogens (tertiary/aromatic N) is 4. The van der Waals surface area contributed by atoms with Crippen molar-refractivity contribution in [2.45, 2.75) is 32.2 Å². The maximum absolute atomic E-state index is 11.0. The first kappa shape index (κ1) is 16.3. The summed E-state index contributed by atoms with van der Waals surface area (Å²) in [5.74, 6) is 0. The number of sulfonamides is 1. The molecular weight excluding hydrogens is 302 g/mol. The smallest absolute Gasteiger partial charge is 0.233 e. The number of rotatable bonds is 8. The van der Waals surface area contributed by atoms with E-state index in [1.807, 2.05) is 18.3 Å². The summed E-state index contributed by atoms with van der Waals surface area (Å²) >= 11 is 0. The van der Waals surface area contributed by atoms with Gasteiger partial charge in [-0.05, 0) is 31.4 Å². The lowest BCUT2D eigenvalue weighted by molar-refractivity contribution is 0.530. The second-order valence-electron chi connectivity index (χ2n) is 5.00. The minimum atomic E-state index is -3.60. The third-order valence-electron chi connectivity index (χ3n) is 3.24. The first-order valence-corrected chi connectivity index (χ1v) is 8.52. The largest absolute Gasteiger partial charge is 0.264 e. The predicted octanol–water partition coefficient (Wildman–Crippen LogP) is 1.70. The molecule has 2 rings (SSSR count). The number of primary sulfonamides is 1. The molecule has 8 heteroatoms. The van der Waals surface area contributed by atoms with Crippen LogP contribution in [0, 0.1) is 0 Å². The van der Waals surface area contributed by atoms with Gasteiger partial charge < -0.3 is 0 Å². The Bertz CT molecular complexity index is 725. The zero-order valence-electron chi connectivity index (χ0n) is 12.2. The summed E-state index contributed by atoms with van der Waals surface area (Å²) < 4.78 is 23.8. The van der Waals surface area contributed by atoms with Crippen LogP contribution in [0.2, 0.25) is 0 Å². The molecule has 0 aliphatic heterocycles. The first-order chi connectivity index (χ1) is 10.5. The van der Waals surface area contributed by atoms with E-state index in [9.17, 15) is 8.42 Å². The van der Waals surface area contributed by atoms with Crippen molar-refractivity contribution in [2.75, 3.05) is 0 Å². The fraction of sp³-hybridized carbons (Fsp3) is 0.357. The quantitative estimate of drug-likeness (QED) is 0.745. The molecular formula is C14H19N5O2S. The van der Waals surface area contributed by atoms with E-state index in [2.05, 4.69) is 21.9 Å². The SMILES string of the molecule is C=C(CCCCCn1cc(-c2cccnc2)nn1)S(N)(=O)=O. The van der Waals surface area contributed by atoms with E-state index in [1.165, 1.54) is 0 Å². The second-order valence-corrected chi connectivity index (χ2v) is 6.67. The predicted molar refractivity (Wildman–Crippen MR) is 84.0 cm³/mol. The van der Waals surface area contributed by atoms with Gasteiger partial charge in [-0.25, -0.2) is 13.6 Å². The fourth-order valence-corrected chi connectivity index (χ4v) is 2.40. The van der Waals surface area contributed by atoms with E-state index in [4.69, 9.17) is 5.14 Å². The molecule has 0 bridgehead atoms. The van der Waals surface area contributed by atoms with Crippen LogP contribution in [0.5, 0.6) is 0 Å². The van der Waals surface area contributed by atoms with Crippen molar-refractivity contribution in [3.05, 3.63) is 42.2 Å². The number of aryl methyl sites for hydroxylation is 1. The molecule has 0 saturated carbocycles. The van der Waals surface area contributed by atoms with Gasteiger partial charge in [0.25, 0.3) is 0 Å². The molecule has 2 heterocycles. The lowest BCUT2D eigenvalue weighted by Gasteiger charge is -2.03. The second kappa shape index (κ2) is 7.28. The molecule has 2 aromatic rings. The third kappa shape index (κ3) is 4.74. The Morgan fingerprint density at radius 2 is 2.14 bits per heavy atom. The van der Waals surface area contributed by atoms with Crippen molar-refractivity contribution in [1.82, 2.24) is 20.0 Å². The van der Waals surface area contributed by atoms with Crippen molar-refractivity contribution in [2.24, 2.45) is 5.14 Å². The lowest BCUT2D eigenvalue weighted by atomic mass is 10.2. The zero-order chi connectivity index (χ0) is 16.0. The van der Waals surface area contributed by atoms with Gasteiger partial charge >= 0.3 is 0 Å². The van der Waals surface area contributed by atoms with Gasteiger partial charge in [0.1, 0.15) is 5.69 Å². The fourth-order valence-electron chi connectivity index (χ4n) is 1.97. The number of hydrogen-bond acceptors (Lipinski definition) is 5. The van der Waals surface area contributed by atoms with Crippen LogP contribution in [0.15, 0.2) is 42.2 Å². The van der Waals surface area contributed by atoms with Crippen LogP contribution in [-0.2, 0) is 16.6 Å². The standard InChI is InChI=1S/C14H19N5O2S/c1-12(22(15,20)21)6-3-2-4-9-19-11-14(17-18-19)13-7-5-8-16-10-13/h5,7-8,10-11H,1-4,6,9H2,(H2,15,20,21). The van der Waals surface area contributed by atoms with Crippen LogP contribution < -0.4 is 5.14 Å². The van der Waals surface area contributed by atoms with E-state index >= 15 is 0 Å². The van der Waals surface area contributed by atoms with E-state index in [0.717, 1.165) is 37.1 Å². The summed E-state index contributed by atoms with van der Waals surface area (Å²) in [6.07, 6.45) is 8.22. The number of aromatic nitrogens is 4. The highest BCUT2D eigenvalue weighted by atomic mass is 32.2. The summed E-state index contributed by atoms with van der Waals surface area (Å²) in [6.45, 7) is 4.20. The van der Waals surface area contributed by atoms with Gasteiger partial charge in [-0.2, -0.15) is 0 Å². The Balaban J connectivity index is 1.75. The number of nitrogens with two attached hydrogens (primary N) is 1. The molecule has 0 amide bonds. The highest BCUT2D eigenvalue weighted by Gasteiger charge is 2.08. The molecule has 0 fully saturated rings. The minimum absolute atomic E-state index is 0.0899. The van der Waals surface area contributed by atoms with E-state index in [1.54, 1.807) is 17.1 Å². The Labute approximate surface area is 129 Å². The van der Waals surface area contributed by atoms with Crippen LogP contribution in [0.4, 0.5) is 0 Å². The Morgan fingerprint density at radius 3 is 2.82 bits per heavy atom. The molecule has 0 aromatic carbocycles. The van der Waals surface area contributed by atoms with Gasteiger partial charge in [-0.15, -0.1) is 5.10 Å². The Morgan fingerprint density at radius 1 is 1.32 bits per heavy atom. The average molecular weight is 321 g/mol. The molecule has 0 unspecified atom stereocenters. The first-order valence-electron chi connectivity index (χ1n) is 6.98. The van der Waals surface area contributed by atoms with Crippen molar-refractivity contribution in [1.29, 1.82) is 0 Å². The summed E-state index contributed by atoms with van der Waals surface area (Å²) in [5, 5.41) is 13.2. The van der Waals surface area contributed by atoms with Crippen LogP contribution in [0.3, 0.4) is 0 Å². The molecule has 0 saturated heterocycles. The number of hydrogen-bond donors (Lipinski definition) is 1. The Hall–Kier alpha value is -2.06. The maximum atomic E-state index is 11.0. The third-order valence-corrected chi connectivity index (χ3v) is 4.25. The molecule has 0 atom stereocenters. The Kier molecular flexibility index (Phi) is 5.40. The summed E-state index contributed by atoms with van der Waals surface area (Å²) in [5.41, 5.74) is 1.72. The number of allylic oxidation sites excluding steroid dienone is 1. The molecule has 0 aliphatic rings. The van der Waals surface area contributed by atoms with Gasteiger partial charge in [-0.1, -0.05) is 18.2 Å². The number of pyridine rings is 1. The summed E-state index contributed by atoms with van der Waals surface area (Å²) in [7, 11) is -3.60. The van der Waals surface area contributed by atoms with E-state index in [0.29, 0.717) is 6.42 Å². The van der Waals surface area contributed by atoms with Gasteiger partial charge in [0, 0.05) is 24.5 Å². The van der Waals surface area contributed by atoms with Gasteiger partial charge in [-0.3, -0.25) is 9.67 Å². The molecule has 118 valence electrons. The lowest BCUT2D eigenvalue weighted by Crippen LogP contribution is -2.13. The van der Waals surface area contributed by atoms with Gasteiger partial charge in [0.05, 0.1) is 11.1 Å².